The van der Waals surface area contributed by atoms with Crippen LogP contribution in [0.15, 0.2) is 12.1 Å². The van der Waals surface area contributed by atoms with Crippen LogP contribution in [0.5, 0.6) is 0 Å². The molecule has 2 aromatic rings. The minimum atomic E-state index is -0.483. The van der Waals surface area contributed by atoms with Gasteiger partial charge >= 0.3 is 0 Å². The largest absolute Gasteiger partial charge is 0.379 e. The van der Waals surface area contributed by atoms with E-state index >= 15 is 0 Å². The highest BCUT2D eigenvalue weighted by molar-refractivity contribution is 6.31. The summed E-state index contributed by atoms with van der Waals surface area (Å²) in [5.74, 6) is -0.117. The lowest BCUT2D eigenvalue weighted by atomic mass is 9.94. The van der Waals surface area contributed by atoms with E-state index in [1.807, 2.05) is 4.57 Å². The van der Waals surface area contributed by atoms with Crippen LogP contribution < -0.4 is 5.73 Å². The second-order valence-electron chi connectivity index (χ2n) is 5.21. The highest BCUT2D eigenvalue weighted by Gasteiger charge is 2.33. The summed E-state index contributed by atoms with van der Waals surface area (Å²) in [5.41, 5.74) is 7.00. The number of imidazole rings is 1. The number of hydrogen-bond acceptors (Lipinski definition) is 3. The number of aromatic nitrogens is 2. The molecular formula is C13H15ClFN3O. The average molecular weight is 284 g/mol. The Labute approximate surface area is 115 Å². The second-order valence-corrected chi connectivity index (χ2v) is 5.62. The van der Waals surface area contributed by atoms with Crippen molar-refractivity contribution in [3.8, 4) is 0 Å². The Morgan fingerprint density at radius 1 is 1.53 bits per heavy atom. The molecule has 0 aliphatic carbocycles. The van der Waals surface area contributed by atoms with Crippen molar-refractivity contribution in [2.75, 3.05) is 18.9 Å². The molecule has 1 unspecified atom stereocenters. The van der Waals surface area contributed by atoms with Crippen molar-refractivity contribution in [3.05, 3.63) is 23.0 Å². The molecule has 0 bridgehead atoms. The minimum Gasteiger partial charge on any atom is -0.379 e. The van der Waals surface area contributed by atoms with Crippen molar-refractivity contribution in [3.63, 3.8) is 0 Å². The SMILES string of the molecule is CC1(n2c(N)nc3cc(F)c(Cl)cc32)CCCOC1. The van der Waals surface area contributed by atoms with Crippen molar-refractivity contribution in [2.45, 2.75) is 25.3 Å². The Morgan fingerprint density at radius 2 is 2.32 bits per heavy atom. The van der Waals surface area contributed by atoms with Crippen LogP contribution in [0.2, 0.25) is 5.02 Å². The van der Waals surface area contributed by atoms with Gasteiger partial charge in [-0.3, -0.25) is 0 Å². The van der Waals surface area contributed by atoms with Gasteiger partial charge in [0.05, 0.1) is 28.2 Å². The predicted octanol–water partition coefficient (Wildman–Crippen LogP) is 2.94. The molecule has 0 radical (unpaired) electrons. The molecule has 0 amide bonds. The van der Waals surface area contributed by atoms with E-state index in [0.29, 0.717) is 18.1 Å². The maximum absolute atomic E-state index is 13.5. The normalized spacial score (nSPS) is 23.9. The van der Waals surface area contributed by atoms with E-state index < -0.39 is 5.82 Å². The Morgan fingerprint density at radius 3 is 3.00 bits per heavy atom. The third-order valence-corrected chi connectivity index (χ3v) is 3.97. The number of nitrogens with zero attached hydrogens (tertiary/aromatic N) is 2. The summed E-state index contributed by atoms with van der Waals surface area (Å²) in [5, 5.41) is 0.0778. The van der Waals surface area contributed by atoms with Gasteiger partial charge in [0.1, 0.15) is 5.82 Å². The number of halogens is 2. The molecule has 3 rings (SSSR count). The van der Waals surface area contributed by atoms with Gasteiger partial charge in [0.2, 0.25) is 5.95 Å². The molecule has 0 spiro atoms. The van der Waals surface area contributed by atoms with E-state index in [9.17, 15) is 4.39 Å². The molecule has 2 N–H and O–H groups in total. The molecule has 1 aliphatic rings. The molecular weight excluding hydrogens is 269 g/mol. The lowest BCUT2D eigenvalue weighted by molar-refractivity contribution is 0.0124. The topological polar surface area (TPSA) is 53.1 Å². The number of ether oxygens (including phenoxy) is 1. The van der Waals surface area contributed by atoms with Gasteiger partial charge in [-0.1, -0.05) is 11.6 Å². The van der Waals surface area contributed by atoms with Crippen LogP contribution in [-0.2, 0) is 10.3 Å². The highest BCUT2D eigenvalue weighted by atomic mass is 35.5. The average Bonchev–Trinajstić information content (AvgIpc) is 2.67. The summed E-state index contributed by atoms with van der Waals surface area (Å²) in [6.07, 6.45) is 1.90. The maximum Gasteiger partial charge on any atom is 0.201 e. The summed E-state index contributed by atoms with van der Waals surface area (Å²) >= 11 is 5.87. The van der Waals surface area contributed by atoms with Gasteiger partial charge in [0, 0.05) is 12.7 Å². The van der Waals surface area contributed by atoms with Crippen molar-refractivity contribution >= 4 is 28.6 Å². The number of benzene rings is 1. The van der Waals surface area contributed by atoms with Crippen molar-refractivity contribution in [2.24, 2.45) is 0 Å². The van der Waals surface area contributed by atoms with Gasteiger partial charge in [-0.2, -0.15) is 0 Å². The molecule has 1 aliphatic heterocycles. The first kappa shape index (κ1) is 12.7. The fourth-order valence-electron chi connectivity index (χ4n) is 2.75. The summed E-state index contributed by atoms with van der Waals surface area (Å²) in [6, 6.07) is 2.90. The van der Waals surface area contributed by atoms with Gasteiger partial charge in [0.25, 0.3) is 0 Å². The lowest BCUT2D eigenvalue weighted by Gasteiger charge is -2.35. The number of hydrogen-bond donors (Lipinski definition) is 1. The maximum atomic E-state index is 13.5. The lowest BCUT2D eigenvalue weighted by Crippen LogP contribution is -2.39. The molecule has 0 saturated carbocycles. The third kappa shape index (κ3) is 1.97. The Bertz CT molecular complexity index is 634. The molecule has 1 aromatic heterocycles. The summed E-state index contributed by atoms with van der Waals surface area (Å²) in [6.45, 7) is 3.40. The first-order valence-electron chi connectivity index (χ1n) is 6.22. The number of nitrogen functional groups attached to an aromatic ring is 1. The highest BCUT2D eigenvalue weighted by Crippen LogP contribution is 2.34. The van der Waals surface area contributed by atoms with Gasteiger partial charge in [-0.25, -0.2) is 9.37 Å². The van der Waals surface area contributed by atoms with Crippen LogP contribution in [-0.4, -0.2) is 22.8 Å². The summed E-state index contributed by atoms with van der Waals surface area (Å²) in [4.78, 5) is 4.22. The van der Waals surface area contributed by atoms with E-state index in [2.05, 4.69) is 11.9 Å². The molecule has 102 valence electrons. The molecule has 4 nitrogen and oxygen atoms in total. The quantitative estimate of drug-likeness (QED) is 0.875. The van der Waals surface area contributed by atoms with E-state index in [4.69, 9.17) is 22.1 Å². The van der Waals surface area contributed by atoms with Gasteiger partial charge in [0.15, 0.2) is 0 Å². The van der Waals surface area contributed by atoms with Crippen LogP contribution in [0.3, 0.4) is 0 Å². The second kappa shape index (κ2) is 4.35. The molecule has 1 saturated heterocycles. The van der Waals surface area contributed by atoms with Crippen LogP contribution in [0.25, 0.3) is 11.0 Å². The monoisotopic (exact) mass is 283 g/mol. The van der Waals surface area contributed by atoms with E-state index in [0.717, 1.165) is 25.0 Å². The first-order valence-corrected chi connectivity index (χ1v) is 6.60. The number of rotatable bonds is 1. The standard InChI is InChI=1S/C13H15ClFN3O/c1-13(3-2-4-19-7-13)18-11-5-8(14)9(15)6-10(11)17-12(18)16/h5-6H,2-4,7H2,1H3,(H2,16,17). The van der Waals surface area contributed by atoms with Gasteiger partial charge < -0.3 is 15.0 Å². The summed E-state index contributed by atoms with van der Waals surface area (Å²) in [7, 11) is 0. The third-order valence-electron chi connectivity index (χ3n) is 3.68. The summed E-state index contributed by atoms with van der Waals surface area (Å²) < 4.78 is 20.9. The predicted molar refractivity (Wildman–Crippen MR) is 72.8 cm³/mol. The molecule has 6 heteroatoms. The Kier molecular flexibility index (Phi) is 2.91. The number of nitrogens with two attached hydrogens (primary N) is 1. The smallest absolute Gasteiger partial charge is 0.201 e. The Balaban J connectivity index is 2.22. The van der Waals surface area contributed by atoms with E-state index in [1.54, 1.807) is 6.07 Å². The number of fused-ring (bicyclic) bond motifs is 1. The van der Waals surface area contributed by atoms with Gasteiger partial charge in [-0.15, -0.1) is 0 Å². The van der Waals surface area contributed by atoms with Crippen LogP contribution >= 0.6 is 11.6 Å². The molecule has 1 aromatic carbocycles. The van der Waals surface area contributed by atoms with E-state index in [1.165, 1.54) is 6.07 Å². The zero-order valence-corrected chi connectivity index (χ0v) is 11.4. The van der Waals surface area contributed by atoms with Crippen molar-refractivity contribution in [1.82, 2.24) is 9.55 Å². The van der Waals surface area contributed by atoms with Crippen molar-refractivity contribution < 1.29 is 9.13 Å². The zero-order chi connectivity index (χ0) is 13.6. The fourth-order valence-corrected chi connectivity index (χ4v) is 2.91. The molecule has 1 fully saturated rings. The van der Waals surface area contributed by atoms with Crippen LogP contribution in [0.1, 0.15) is 19.8 Å². The van der Waals surface area contributed by atoms with Gasteiger partial charge in [-0.05, 0) is 25.8 Å². The van der Waals surface area contributed by atoms with Crippen LogP contribution in [0, 0.1) is 5.82 Å². The first-order chi connectivity index (χ1) is 9.01. The van der Waals surface area contributed by atoms with Crippen LogP contribution in [0.4, 0.5) is 10.3 Å². The van der Waals surface area contributed by atoms with Crippen molar-refractivity contribution in [1.29, 1.82) is 0 Å². The molecule has 1 atom stereocenters. The minimum absolute atomic E-state index is 0.0778. The molecule has 2 heterocycles. The fraction of sp³-hybridized carbons (Fsp3) is 0.462. The zero-order valence-electron chi connectivity index (χ0n) is 10.6. The van der Waals surface area contributed by atoms with E-state index in [-0.39, 0.29) is 10.6 Å². The Hall–Kier alpha value is -1.33. The number of anilines is 1. The molecule has 19 heavy (non-hydrogen) atoms.